The summed E-state index contributed by atoms with van der Waals surface area (Å²) in [5.41, 5.74) is 3.43. The summed E-state index contributed by atoms with van der Waals surface area (Å²) in [7, 11) is 0. The summed E-state index contributed by atoms with van der Waals surface area (Å²) in [4.78, 5) is 4.48. The molecule has 3 nitrogen and oxygen atoms in total. The van der Waals surface area contributed by atoms with Crippen LogP contribution in [0.2, 0.25) is 0 Å². The van der Waals surface area contributed by atoms with Gasteiger partial charge in [0.25, 0.3) is 0 Å². The Morgan fingerprint density at radius 3 is 1.97 bits per heavy atom. The van der Waals surface area contributed by atoms with Gasteiger partial charge in [0.15, 0.2) is 0 Å². The van der Waals surface area contributed by atoms with E-state index in [1.54, 1.807) is 0 Å². The summed E-state index contributed by atoms with van der Waals surface area (Å²) < 4.78 is 0. The van der Waals surface area contributed by atoms with E-state index in [2.05, 4.69) is 69.9 Å². The largest absolute Gasteiger partial charge is 0.392 e. The predicted molar refractivity (Wildman–Crippen MR) is 145 cm³/mol. The van der Waals surface area contributed by atoms with Crippen molar-refractivity contribution in [1.29, 1.82) is 0 Å². The summed E-state index contributed by atoms with van der Waals surface area (Å²) in [6, 6.07) is 19.6. The first-order chi connectivity index (χ1) is 16.8. The van der Waals surface area contributed by atoms with Crippen LogP contribution in [0, 0.1) is 35.7 Å². The minimum absolute atomic E-state index is 0. The number of pyridine rings is 1. The van der Waals surface area contributed by atoms with E-state index in [9.17, 15) is 10.2 Å². The molecule has 4 heteroatoms. The fourth-order valence-corrected chi connectivity index (χ4v) is 7.01. The normalized spacial score (nSPS) is 25.5. The minimum Gasteiger partial charge on any atom is -0.392 e. The fourth-order valence-electron chi connectivity index (χ4n) is 7.01. The van der Waals surface area contributed by atoms with Crippen molar-refractivity contribution < 1.29 is 30.3 Å². The topological polar surface area (TPSA) is 53.4 Å². The quantitative estimate of drug-likeness (QED) is 0.280. The second kappa shape index (κ2) is 11.9. The van der Waals surface area contributed by atoms with E-state index in [0.29, 0.717) is 5.92 Å². The summed E-state index contributed by atoms with van der Waals surface area (Å²) in [6.45, 7) is 10.9. The molecule has 2 saturated carbocycles. The van der Waals surface area contributed by atoms with Gasteiger partial charge in [-0.15, -0.1) is 35.9 Å². The first-order valence-electron chi connectivity index (χ1n) is 13.5. The zero-order chi connectivity index (χ0) is 25.2. The van der Waals surface area contributed by atoms with Gasteiger partial charge < -0.3 is 15.2 Å². The Kier molecular flexibility index (Phi) is 9.55. The zero-order valence-corrected chi connectivity index (χ0v) is 24.8. The van der Waals surface area contributed by atoms with Crippen molar-refractivity contribution in [2.45, 2.75) is 85.4 Å². The number of rotatable bonds is 5. The van der Waals surface area contributed by atoms with E-state index in [-0.39, 0.29) is 49.1 Å². The first-order valence-corrected chi connectivity index (χ1v) is 13.5. The second-order valence-corrected chi connectivity index (χ2v) is 11.0. The predicted octanol–water partition coefficient (Wildman–Crippen LogP) is 7.37. The molecule has 197 valence electrons. The number of aromatic nitrogens is 1. The Morgan fingerprint density at radius 1 is 0.861 bits per heavy atom. The molecule has 2 aliphatic carbocycles. The van der Waals surface area contributed by atoms with E-state index < -0.39 is 0 Å². The van der Waals surface area contributed by atoms with E-state index in [0.717, 1.165) is 49.8 Å². The molecule has 0 bridgehead atoms. The second-order valence-electron chi connectivity index (χ2n) is 11.0. The summed E-state index contributed by atoms with van der Waals surface area (Å²) in [5, 5.41) is 23.9. The van der Waals surface area contributed by atoms with Crippen LogP contribution in [0.3, 0.4) is 0 Å². The van der Waals surface area contributed by atoms with Crippen molar-refractivity contribution in [3.05, 3.63) is 66.4 Å². The van der Waals surface area contributed by atoms with Crippen LogP contribution < -0.4 is 0 Å². The van der Waals surface area contributed by atoms with Crippen LogP contribution in [-0.2, 0) is 20.1 Å². The van der Waals surface area contributed by atoms with Crippen LogP contribution in [-0.4, -0.2) is 27.4 Å². The van der Waals surface area contributed by atoms with E-state index in [1.165, 1.54) is 16.3 Å². The average molecular weight is 665 g/mol. The summed E-state index contributed by atoms with van der Waals surface area (Å²) in [6.07, 6.45) is 7.71. The molecule has 2 unspecified atom stereocenters. The molecule has 2 N–H and O–H groups in total. The van der Waals surface area contributed by atoms with Gasteiger partial charge in [-0.25, -0.2) is 0 Å². The van der Waals surface area contributed by atoms with Crippen molar-refractivity contribution in [2.75, 3.05) is 0 Å². The van der Waals surface area contributed by atoms with Crippen molar-refractivity contribution in [3.63, 3.8) is 0 Å². The number of aliphatic hydroxyl groups is 2. The molecule has 36 heavy (non-hydrogen) atoms. The van der Waals surface area contributed by atoms with Gasteiger partial charge in [0.2, 0.25) is 0 Å². The third kappa shape index (κ3) is 5.20. The van der Waals surface area contributed by atoms with Crippen LogP contribution in [0.15, 0.2) is 54.7 Å². The van der Waals surface area contributed by atoms with Gasteiger partial charge in [0.1, 0.15) is 0 Å². The smallest absolute Gasteiger partial charge is 0.0651 e. The number of aryl methyl sites for hydroxylation is 1. The van der Waals surface area contributed by atoms with Crippen LogP contribution in [0.4, 0.5) is 0 Å². The van der Waals surface area contributed by atoms with Gasteiger partial charge in [0, 0.05) is 32.2 Å². The van der Waals surface area contributed by atoms with Crippen molar-refractivity contribution in [2.24, 2.45) is 22.7 Å². The van der Waals surface area contributed by atoms with Gasteiger partial charge >= 0.3 is 0 Å². The average Bonchev–Trinajstić information content (AvgIpc) is 3.34. The molecule has 2 aromatic carbocycles. The molecule has 0 amide bonds. The number of aliphatic hydroxyl groups excluding tert-OH is 2. The number of nitrogens with zero attached hydrogens (tertiary/aromatic N) is 1. The van der Waals surface area contributed by atoms with Crippen molar-refractivity contribution >= 4 is 10.8 Å². The molecule has 2 fully saturated rings. The van der Waals surface area contributed by atoms with E-state index in [1.807, 2.05) is 30.5 Å². The molecule has 2 atom stereocenters. The molecule has 0 aliphatic heterocycles. The van der Waals surface area contributed by atoms with Gasteiger partial charge in [-0.1, -0.05) is 57.5 Å². The molecule has 1 radical (unpaired) electrons. The summed E-state index contributed by atoms with van der Waals surface area (Å²) in [5.74, 6) is 0.666. The van der Waals surface area contributed by atoms with Gasteiger partial charge in [-0.3, -0.25) is 0 Å². The Balaban J connectivity index is 0.000000195. The molecule has 1 aromatic heterocycles. The maximum Gasteiger partial charge on any atom is 0.0651 e. The Bertz CT molecular complexity index is 1100. The SMILES string of the molecule is CCC1(CC)CC2CC(CC)(CC)C(O)C2C1O.Cc1ccc2cnc(-c3[c-]cccc3)cc2c1.[Ir]. The molecule has 1 heterocycles. The number of hydrogen-bond donors (Lipinski definition) is 2. The third-order valence-electron chi connectivity index (χ3n) is 9.54. The van der Waals surface area contributed by atoms with Crippen LogP contribution in [0.1, 0.15) is 71.8 Å². The van der Waals surface area contributed by atoms with Gasteiger partial charge in [0.05, 0.1) is 12.2 Å². The first kappa shape index (κ1) is 29.0. The fraction of sp³-hybridized carbons (Fsp3) is 0.531. The van der Waals surface area contributed by atoms with E-state index >= 15 is 0 Å². The number of hydrogen-bond acceptors (Lipinski definition) is 3. The molecule has 5 rings (SSSR count). The molecular formula is C32H42IrNO2-. The molecule has 3 aromatic rings. The number of fused-ring (bicyclic) bond motifs is 2. The molecular weight excluding hydrogens is 623 g/mol. The maximum atomic E-state index is 10.7. The Labute approximate surface area is 231 Å². The molecule has 0 spiro atoms. The zero-order valence-electron chi connectivity index (χ0n) is 22.4. The molecule has 0 saturated heterocycles. The maximum absolute atomic E-state index is 10.7. The number of benzene rings is 2. The van der Waals surface area contributed by atoms with Crippen molar-refractivity contribution in [3.8, 4) is 11.3 Å². The Morgan fingerprint density at radius 2 is 1.47 bits per heavy atom. The van der Waals surface area contributed by atoms with E-state index in [4.69, 9.17) is 0 Å². The van der Waals surface area contributed by atoms with Gasteiger partial charge in [-0.05, 0) is 78.7 Å². The summed E-state index contributed by atoms with van der Waals surface area (Å²) >= 11 is 0. The van der Waals surface area contributed by atoms with Gasteiger partial charge in [-0.2, -0.15) is 0 Å². The van der Waals surface area contributed by atoms with Crippen LogP contribution >= 0.6 is 0 Å². The van der Waals surface area contributed by atoms with Crippen molar-refractivity contribution in [1.82, 2.24) is 4.98 Å². The monoisotopic (exact) mass is 665 g/mol. The third-order valence-corrected chi connectivity index (χ3v) is 9.54. The van der Waals surface area contributed by atoms with Crippen LogP contribution in [0.25, 0.3) is 22.0 Å². The standard InChI is InChI=1S/C16H12N.C16H30O2.Ir/c1-12-7-8-14-11-17-16(10-15(14)9-12)13-5-3-2-4-6-13;1-5-15(6-2)9-11-10-16(7-3,8-4)14(18)12(11)13(15)17;/h2-5,7-11H,1H3;11-14,17-18H,5-10H2,1-4H3;/q-1;;. The minimum atomic E-state index is -0.299. The van der Waals surface area contributed by atoms with Crippen LogP contribution in [0.5, 0.6) is 0 Å². The Hall–Kier alpha value is -1.58. The molecule has 2 aliphatic rings.